The number of halogens is 1. The SMILES string of the molecule is c1ccc(Sc2ccc(-c3ccccc3[I+]c3ccccc3)cc2)cc1. The minimum atomic E-state index is -0.172. The fourth-order valence-corrected chi connectivity index (χ4v) is 6.15. The first kappa shape index (κ1) is 17.4. The first-order valence-corrected chi connectivity index (χ1v) is 11.5. The Morgan fingerprint density at radius 3 is 1.81 bits per heavy atom. The summed E-state index contributed by atoms with van der Waals surface area (Å²) in [5.74, 6) is 0. The van der Waals surface area contributed by atoms with Crippen molar-refractivity contribution in [1.82, 2.24) is 0 Å². The standard InChI is InChI=1S/C24H18IS/c1-3-9-20(10-4-1)25-24-14-8-7-13-23(24)19-15-17-22(18-16-19)26-21-11-5-2-6-12-21/h1-18H/q+1. The first-order chi connectivity index (χ1) is 12.9. The molecule has 26 heavy (non-hydrogen) atoms. The Morgan fingerprint density at radius 2 is 1.08 bits per heavy atom. The van der Waals surface area contributed by atoms with Gasteiger partial charge in [-0.05, 0) is 54.1 Å². The third kappa shape index (κ3) is 4.37. The summed E-state index contributed by atoms with van der Waals surface area (Å²) >= 11 is 1.63. The van der Waals surface area contributed by atoms with Crippen LogP contribution < -0.4 is 21.2 Å². The zero-order valence-electron chi connectivity index (χ0n) is 14.2. The van der Waals surface area contributed by atoms with Crippen molar-refractivity contribution in [3.63, 3.8) is 0 Å². The molecule has 0 aliphatic rings. The molecule has 0 nitrogen and oxygen atoms in total. The normalized spacial score (nSPS) is 10.6. The number of hydrogen-bond donors (Lipinski definition) is 0. The minimum absolute atomic E-state index is 0.172. The first-order valence-electron chi connectivity index (χ1n) is 8.51. The van der Waals surface area contributed by atoms with Crippen molar-refractivity contribution < 1.29 is 21.2 Å². The molecule has 0 N–H and O–H groups in total. The van der Waals surface area contributed by atoms with Crippen molar-refractivity contribution >= 4 is 11.8 Å². The lowest BCUT2D eigenvalue weighted by molar-refractivity contribution is -0.596. The Balaban J connectivity index is 1.58. The largest absolute Gasteiger partial charge is 0.358 e. The van der Waals surface area contributed by atoms with Crippen LogP contribution in [0.3, 0.4) is 0 Å². The second kappa shape index (κ2) is 8.56. The highest BCUT2D eigenvalue weighted by Gasteiger charge is 2.20. The molecule has 0 aliphatic heterocycles. The van der Waals surface area contributed by atoms with Gasteiger partial charge in [0.25, 0.3) is 0 Å². The summed E-state index contributed by atoms with van der Waals surface area (Å²) < 4.78 is 2.93. The Morgan fingerprint density at radius 1 is 0.500 bits per heavy atom. The Bertz CT molecular complexity index is 964. The zero-order chi connectivity index (χ0) is 17.6. The Kier molecular flexibility index (Phi) is 5.72. The van der Waals surface area contributed by atoms with E-state index in [9.17, 15) is 0 Å². The average Bonchev–Trinajstić information content (AvgIpc) is 2.71. The highest BCUT2D eigenvalue weighted by molar-refractivity contribution is 7.99. The van der Waals surface area contributed by atoms with Crippen LogP contribution in [0.15, 0.2) is 119 Å². The van der Waals surface area contributed by atoms with Gasteiger partial charge in [-0.3, -0.25) is 0 Å². The summed E-state index contributed by atoms with van der Waals surface area (Å²) in [6.45, 7) is 0. The number of rotatable bonds is 5. The van der Waals surface area contributed by atoms with Crippen LogP contribution in [-0.4, -0.2) is 0 Å². The second-order valence-electron chi connectivity index (χ2n) is 5.81. The molecule has 4 rings (SSSR count). The van der Waals surface area contributed by atoms with E-state index >= 15 is 0 Å². The molecule has 0 amide bonds. The quantitative estimate of drug-likeness (QED) is 0.406. The van der Waals surface area contributed by atoms with Crippen molar-refractivity contribution in [1.29, 1.82) is 0 Å². The van der Waals surface area contributed by atoms with E-state index < -0.39 is 0 Å². The average molecular weight is 465 g/mol. The van der Waals surface area contributed by atoms with Gasteiger partial charge in [-0.25, -0.2) is 0 Å². The van der Waals surface area contributed by atoms with Gasteiger partial charge in [-0.15, -0.1) is 0 Å². The van der Waals surface area contributed by atoms with E-state index in [-0.39, 0.29) is 21.2 Å². The summed E-state index contributed by atoms with van der Waals surface area (Å²) in [7, 11) is 0. The van der Waals surface area contributed by atoms with Crippen molar-refractivity contribution in [2.75, 3.05) is 0 Å². The predicted molar refractivity (Wildman–Crippen MR) is 106 cm³/mol. The zero-order valence-corrected chi connectivity index (χ0v) is 17.2. The molecule has 2 heteroatoms. The van der Waals surface area contributed by atoms with Crippen LogP contribution in [0, 0.1) is 7.14 Å². The molecule has 126 valence electrons. The molecule has 0 fully saturated rings. The topological polar surface area (TPSA) is 0 Å². The van der Waals surface area contributed by atoms with Crippen molar-refractivity contribution in [2.45, 2.75) is 9.79 Å². The van der Waals surface area contributed by atoms with Crippen LogP contribution >= 0.6 is 11.8 Å². The van der Waals surface area contributed by atoms with E-state index in [1.807, 2.05) is 0 Å². The van der Waals surface area contributed by atoms with Crippen LogP contribution in [-0.2, 0) is 0 Å². The van der Waals surface area contributed by atoms with E-state index in [0.29, 0.717) is 0 Å². The lowest BCUT2D eigenvalue weighted by Gasteiger charge is -2.05. The molecule has 0 saturated carbocycles. The van der Waals surface area contributed by atoms with Gasteiger partial charge >= 0.3 is 21.2 Å². The van der Waals surface area contributed by atoms with Gasteiger partial charge < -0.3 is 0 Å². The van der Waals surface area contributed by atoms with Crippen molar-refractivity contribution in [3.05, 3.63) is 116 Å². The summed E-state index contributed by atoms with van der Waals surface area (Å²) in [4.78, 5) is 2.55. The second-order valence-corrected chi connectivity index (χ2v) is 9.90. The maximum atomic E-state index is 2.28. The summed E-state index contributed by atoms with van der Waals surface area (Å²) in [6.07, 6.45) is 0. The molecule has 0 bridgehead atoms. The summed E-state index contributed by atoms with van der Waals surface area (Å²) in [6, 6.07) is 39.1. The molecule has 0 heterocycles. The lowest BCUT2D eigenvalue weighted by Crippen LogP contribution is -3.61. The molecular weight excluding hydrogens is 447 g/mol. The molecule has 0 spiro atoms. The van der Waals surface area contributed by atoms with Gasteiger partial charge in [0, 0.05) is 15.4 Å². The molecule has 4 aromatic carbocycles. The minimum Gasteiger partial charge on any atom is -0.0901 e. The van der Waals surface area contributed by atoms with Crippen molar-refractivity contribution in [3.8, 4) is 11.1 Å². The van der Waals surface area contributed by atoms with Crippen LogP contribution in [0.1, 0.15) is 0 Å². The van der Waals surface area contributed by atoms with E-state index in [0.717, 1.165) is 0 Å². The van der Waals surface area contributed by atoms with Crippen molar-refractivity contribution in [2.24, 2.45) is 0 Å². The molecule has 0 radical (unpaired) electrons. The molecular formula is C24H18IS+. The summed E-state index contributed by atoms with van der Waals surface area (Å²) in [5.41, 5.74) is 2.66. The lowest BCUT2D eigenvalue weighted by atomic mass is 10.1. The molecule has 0 aromatic heterocycles. The highest BCUT2D eigenvalue weighted by atomic mass is 127. The fourth-order valence-electron chi connectivity index (χ4n) is 2.70. The fraction of sp³-hybridized carbons (Fsp3) is 0. The third-order valence-electron chi connectivity index (χ3n) is 3.96. The Labute approximate surface area is 169 Å². The van der Waals surface area contributed by atoms with Gasteiger partial charge in [0.05, 0.1) is 0 Å². The van der Waals surface area contributed by atoms with Gasteiger partial charge in [0.2, 0.25) is 3.57 Å². The van der Waals surface area contributed by atoms with Crippen LogP contribution in [0.2, 0.25) is 0 Å². The third-order valence-corrected chi connectivity index (χ3v) is 7.84. The molecule has 0 saturated heterocycles. The Hall–Kier alpha value is -2.04. The van der Waals surface area contributed by atoms with E-state index in [2.05, 4.69) is 109 Å². The number of benzene rings is 4. The summed E-state index contributed by atoms with van der Waals surface area (Å²) in [5, 5.41) is 0. The molecule has 0 unspecified atom stereocenters. The maximum absolute atomic E-state index is 2.28. The number of hydrogen-bond acceptors (Lipinski definition) is 1. The van der Waals surface area contributed by atoms with E-state index in [1.54, 1.807) is 11.8 Å². The van der Waals surface area contributed by atoms with Crippen LogP contribution in [0.4, 0.5) is 0 Å². The van der Waals surface area contributed by atoms with Gasteiger partial charge in [-0.2, -0.15) is 0 Å². The van der Waals surface area contributed by atoms with Gasteiger partial charge in [-0.1, -0.05) is 72.4 Å². The van der Waals surface area contributed by atoms with Gasteiger partial charge in [0.15, 0.2) is 3.57 Å². The molecule has 0 atom stereocenters. The predicted octanol–water partition coefficient (Wildman–Crippen LogP) is 3.63. The van der Waals surface area contributed by atoms with Crippen LogP contribution in [0.5, 0.6) is 0 Å². The molecule has 0 aliphatic carbocycles. The smallest absolute Gasteiger partial charge is 0.0901 e. The highest BCUT2D eigenvalue weighted by Crippen LogP contribution is 2.29. The van der Waals surface area contributed by atoms with E-state index in [1.165, 1.54) is 28.1 Å². The monoisotopic (exact) mass is 465 g/mol. The maximum Gasteiger partial charge on any atom is 0.358 e. The molecule has 4 aromatic rings. The van der Waals surface area contributed by atoms with Crippen LogP contribution in [0.25, 0.3) is 11.1 Å². The van der Waals surface area contributed by atoms with E-state index in [4.69, 9.17) is 0 Å². The van der Waals surface area contributed by atoms with Gasteiger partial charge in [0.1, 0.15) is 0 Å².